The smallest absolute Gasteiger partial charge is 0.194 e. The lowest BCUT2D eigenvalue weighted by molar-refractivity contribution is 0.136. The van der Waals surface area contributed by atoms with Crippen molar-refractivity contribution in [2.24, 2.45) is 4.99 Å². The van der Waals surface area contributed by atoms with Crippen molar-refractivity contribution in [2.75, 3.05) is 59.4 Å². The minimum Gasteiger partial charge on any atom is -0.357 e. The molecule has 1 saturated heterocycles. The number of hydrogen-bond donors (Lipinski definition) is 2. The van der Waals surface area contributed by atoms with Crippen molar-refractivity contribution in [3.8, 4) is 11.3 Å². The third-order valence-corrected chi connectivity index (χ3v) is 5.85. The number of nitrogens with zero attached hydrogens (tertiary/aromatic N) is 5. The maximum Gasteiger partial charge on any atom is 0.194 e. The summed E-state index contributed by atoms with van der Waals surface area (Å²) in [6.07, 6.45) is 4.23. The topological polar surface area (TPSA) is 62.8 Å². The van der Waals surface area contributed by atoms with Crippen LogP contribution < -0.4 is 5.32 Å². The van der Waals surface area contributed by atoms with Crippen LogP contribution in [0.15, 0.2) is 41.5 Å². The highest BCUT2D eigenvalue weighted by Crippen LogP contribution is 2.16. The molecular weight excluding hydrogens is 513 g/mol. The summed E-state index contributed by atoms with van der Waals surface area (Å²) in [4.78, 5) is 20.1. The Balaban J connectivity index is 0.00000363. The molecule has 1 aromatic heterocycles. The van der Waals surface area contributed by atoms with E-state index >= 15 is 0 Å². The number of unbranched alkanes of at least 4 members (excludes halogenated alkanes) is 1. The first kappa shape index (κ1) is 26.6. The summed E-state index contributed by atoms with van der Waals surface area (Å²) >= 11 is 0. The number of benzene rings is 1. The monoisotopic (exact) mass is 553 g/mol. The Morgan fingerprint density at radius 1 is 1.09 bits per heavy atom. The minimum atomic E-state index is 0. The molecule has 1 fully saturated rings. The van der Waals surface area contributed by atoms with E-state index in [1.54, 1.807) is 0 Å². The highest BCUT2D eigenvalue weighted by atomic mass is 127. The lowest BCUT2D eigenvalue weighted by Crippen LogP contribution is -2.46. The molecule has 7 nitrogen and oxygen atoms in total. The Morgan fingerprint density at radius 3 is 2.50 bits per heavy atom. The van der Waals surface area contributed by atoms with E-state index < -0.39 is 0 Å². The molecule has 178 valence electrons. The molecule has 0 radical (unpaired) electrons. The second kappa shape index (κ2) is 14.5. The van der Waals surface area contributed by atoms with E-state index in [0.29, 0.717) is 6.54 Å². The van der Waals surface area contributed by atoms with Crippen molar-refractivity contribution in [3.63, 3.8) is 0 Å². The molecule has 0 atom stereocenters. The van der Waals surface area contributed by atoms with Crippen molar-refractivity contribution in [1.82, 2.24) is 30.0 Å². The maximum absolute atomic E-state index is 4.85. The van der Waals surface area contributed by atoms with Gasteiger partial charge in [0.25, 0.3) is 0 Å². The molecule has 3 rings (SSSR count). The number of aromatic amines is 1. The number of imidazole rings is 1. The Morgan fingerprint density at radius 2 is 1.81 bits per heavy atom. The quantitative estimate of drug-likeness (QED) is 0.204. The Labute approximate surface area is 210 Å². The summed E-state index contributed by atoms with van der Waals surface area (Å²) in [5, 5.41) is 3.41. The van der Waals surface area contributed by atoms with Crippen LogP contribution in [0.4, 0.5) is 0 Å². The Hall–Kier alpha value is -1.65. The maximum atomic E-state index is 4.85. The van der Waals surface area contributed by atoms with Crippen LogP contribution in [0.5, 0.6) is 0 Å². The van der Waals surface area contributed by atoms with Gasteiger partial charge >= 0.3 is 0 Å². The van der Waals surface area contributed by atoms with Crippen molar-refractivity contribution >= 4 is 29.9 Å². The summed E-state index contributed by atoms with van der Waals surface area (Å²) < 4.78 is 0. The van der Waals surface area contributed by atoms with Crippen molar-refractivity contribution in [3.05, 3.63) is 42.4 Å². The van der Waals surface area contributed by atoms with Crippen LogP contribution in [0.3, 0.4) is 0 Å². The average molecular weight is 554 g/mol. The molecule has 0 saturated carbocycles. The average Bonchev–Trinajstić information content (AvgIpc) is 3.27. The molecule has 0 bridgehead atoms. The predicted molar refractivity (Wildman–Crippen MR) is 145 cm³/mol. The molecule has 1 aliphatic rings. The van der Waals surface area contributed by atoms with Crippen LogP contribution in [-0.2, 0) is 6.54 Å². The Bertz CT molecular complexity index is 785. The number of guanidine groups is 1. The summed E-state index contributed by atoms with van der Waals surface area (Å²) in [5.74, 6) is 1.88. The minimum absolute atomic E-state index is 0. The number of aromatic nitrogens is 2. The van der Waals surface area contributed by atoms with Gasteiger partial charge in [0.15, 0.2) is 5.96 Å². The van der Waals surface area contributed by atoms with E-state index in [1.807, 2.05) is 24.4 Å². The largest absolute Gasteiger partial charge is 0.357 e. The molecule has 0 aliphatic carbocycles. The van der Waals surface area contributed by atoms with Gasteiger partial charge in [-0.05, 0) is 38.4 Å². The lowest BCUT2D eigenvalue weighted by Gasteiger charge is -2.33. The van der Waals surface area contributed by atoms with Gasteiger partial charge in [0.1, 0.15) is 5.82 Å². The molecular formula is C24H40IN7. The van der Waals surface area contributed by atoms with Crippen LogP contribution in [0.25, 0.3) is 11.3 Å². The first-order valence-electron chi connectivity index (χ1n) is 11.7. The summed E-state index contributed by atoms with van der Waals surface area (Å²) in [6, 6.07) is 10.3. The van der Waals surface area contributed by atoms with Crippen LogP contribution in [0, 0.1) is 0 Å². The lowest BCUT2D eigenvalue weighted by atomic mass is 10.2. The van der Waals surface area contributed by atoms with E-state index in [4.69, 9.17) is 4.99 Å². The fourth-order valence-corrected chi connectivity index (χ4v) is 3.94. The van der Waals surface area contributed by atoms with Crippen LogP contribution >= 0.6 is 24.0 Å². The molecule has 1 aromatic carbocycles. The second-order valence-corrected chi connectivity index (χ2v) is 8.18. The third-order valence-electron chi connectivity index (χ3n) is 5.85. The SMILES string of the molecule is CCNC(=NCCCCN1CCN(CC)CC1)N(C)Cc1ncc(-c2ccccc2)[nH]1.I. The number of hydrogen-bond acceptors (Lipinski definition) is 4. The zero-order valence-corrected chi connectivity index (χ0v) is 22.2. The number of halogens is 1. The van der Waals surface area contributed by atoms with Gasteiger partial charge in [-0.3, -0.25) is 4.99 Å². The number of rotatable bonds is 10. The van der Waals surface area contributed by atoms with Crippen LogP contribution in [0.1, 0.15) is 32.5 Å². The molecule has 0 amide bonds. The Kier molecular flexibility index (Phi) is 12.0. The van der Waals surface area contributed by atoms with Gasteiger partial charge in [-0.1, -0.05) is 37.3 Å². The fraction of sp³-hybridized carbons (Fsp3) is 0.583. The van der Waals surface area contributed by atoms with Crippen LogP contribution in [0.2, 0.25) is 0 Å². The van der Waals surface area contributed by atoms with Crippen molar-refractivity contribution < 1.29 is 0 Å². The molecule has 2 N–H and O–H groups in total. The standard InChI is InChI=1S/C24H39N7.HI/c1-4-25-24(26-13-9-10-14-31-17-15-30(5-2)16-18-31)29(3)20-23-27-19-22(28-23)21-11-7-6-8-12-21;/h6-8,11-12,19H,4-5,9-10,13-18,20H2,1-3H3,(H,25,26)(H,27,28);1H. The van der Waals surface area contributed by atoms with Gasteiger partial charge in [0.2, 0.25) is 0 Å². The molecule has 32 heavy (non-hydrogen) atoms. The van der Waals surface area contributed by atoms with Gasteiger partial charge in [-0.15, -0.1) is 24.0 Å². The first-order chi connectivity index (χ1) is 15.2. The summed E-state index contributed by atoms with van der Waals surface area (Å²) in [5.41, 5.74) is 2.20. The zero-order valence-electron chi connectivity index (χ0n) is 19.9. The zero-order chi connectivity index (χ0) is 21.9. The first-order valence-corrected chi connectivity index (χ1v) is 11.7. The van der Waals surface area contributed by atoms with Gasteiger partial charge in [0.05, 0.1) is 18.4 Å². The number of nitrogens with one attached hydrogen (secondary N) is 2. The third kappa shape index (κ3) is 8.37. The number of H-pyrrole nitrogens is 1. The van der Waals surface area contributed by atoms with E-state index in [9.17, 15) is 0 Å². The molecule has 1 aliphatic heterocycles. The highest BCUT2D eigenvalue weighted by Gasteiger charge is 2.14. The predicted octanol–water partition coefficient (Wildman–Crippen LogP) is 3.51. The number of aliphatic imine (C=N–C) groups is 1. The molecule has 0 spiro atoms. The van der Waals surface area contributed by atoms with Crippen LogP contribution in [-0.4, -0.2) is 90.0 Å². The van der Waals surface area contributed by atoms with E-state index in [-0.39, 0.29) is 24.0 Å². The summed E-state index contributed by atoms with van der Waals surface area (Å²) in [6.45, 7) is 14.0. The van der Waals surface area contributed by atoms with E-state index in [2.05, 4.69) is 63.0 Å². The normalized spacial score (nSPS) is 15.4. The van der Waals surface area contributed by atoms with E-state index in [0.717, 1.165) is 42.6 Å². The van der Waals surface area contributed by atoms with E-state index in [1.165, 1.54) is 45.7 Å². The van der Waals surface area contributed by atoms with Gasteiger partial charge in [-0.25, -0.2) is 4.98 Å². The molecule has 8 heteroatoms. The van der Waals surface area contributed by atoms with Gasteiger partial charge in [-0.2, -0.15) is 0 Å². The van der Waals surface area contributed by atoms with Crippen molar-refractivity contribution in [1.29, 1.82) is 0 Å². The molecule has 2 heterocycles. The molecule has 2 aromatic rings. The second-order valence-electron chi connectivity index (χ2n) is 8.18. The fourth-order valence-electron chi connectivity index (χ4n) is 3.94. The molecule has 0 unspecified atom stereocenters. The van der Waals surface area contributed by atoms with Crippen molar-refractivity contribution in [2.45, 2.75) is 33.2 Å². The number of likely N-dealkylation sites (N-methyl/N-ethyl adjacent to an activating group) is 1. The highest BCUT2D eigenvalue weighted by molar-refractivity contribution is 14.0. The van der Waals surface area contributed by atoms with Gasteiger partial charge < -0.3 is 25.0 Å². The van der Waals surface area contributed by atoms with Gasteiger partial charge in [0, 0.05) is 46.3 Å². The number of piperazine rings is 1. The summed E-state index contributed by atoms with van der Waals surface area (Å²) in [7, 11) is 2.07.